The Balaban J connectivity index is 2.63. The van der Waals surface area contributed by atoms with Crippen molar-refractivity contribution in [1.82, 2.24) is 5.32 Å². The molecule has 0 aliphatic heterocycles. The van der Waals surface area contributed by atoms with E-state index in [1.165, 1.54) is 0 Å². The van der Waals surface area contributed by atoms with Gasteiger partial charge in [0.25, 0.3) is 0 Å². The fourth-order valence-electron chi connectivity index (χ4n) is 1.07. The fraction of sp³-hybridized carbons (Fsp3) is 0.364. The second kappa shape index (κ2) is 6.28. The molecule has 2 nitrogen and oxygen atoms in total. The number of halogens is 2. The molecule has 1 rings (SSSR count). The molecular weight excluding hydrogens is 263 g/mol. The van der Waals surface area contributed by atoms with Gasteiger partial charge in [-0.05, 0) is 30.3 Å². The van der Waals surface area contributed by atoms with Gasteiger partial charge in [-0.1, -0.05) is 43.1 Å². The molecule has 2 N–H and O–H groups in total. The maximum atomic E-state index is 6.00. The average Bonchev–Trinajstić information content (AvgIpc) is 2.21. The zero-order valence-electron chi connectivity index (χ0n) is 9.18. The van der Waals surface area contributed by atoms with E-state index in [9.17, 15) is 0 Å². The van der Waals surface area contributed by atoms with E-state index in [1.807, 2.05) is 0 Å². The Labute approximate surface area is 111 Å². The summed E-state index contributed by atoms with van der Waals surface area (Å²) >= 11 is 17.1. The minimum absolute atomic E-state index is 0.529. The quantitative estimate of drug-likeness (QED) is 0.818. The Kier molecular flexibility index (Phi) is 5.32. The standard InChI is InChI=1S/C11H14Cl2N2S/c1-7(2)6-14-11(16)15-10-8(12)4-3-5-9(10)13/h3-5,7H,6H2,1-2H3,(H2,14,15,16). The minimum atomic E-state index is 0.529. The topological polar surface area (TPSA) is 24.1 Å². The molecular formula is C11H14Cl2N2S. The zero-order chi connectivity index (χ0) is 12.1. The van der Waals surface area contributed by atoms with Crippen LogP contribution in [0, 0.1) is 5.92 Å². The Morgan fingerprint density at radius 1 is 1.31 bits per heavy atom. The lowest BCUT2D eigenvalue weighted by molar-refractivity contribution is 0.627. The van der Waals surface area contributed by atoms with E-state index >= 15 is 0 Å². The summed E-state index contributed by atoms with van der Waals surface area (Å²) in [6.07, 6.45) is 0. The normalized spacial score (nSPS) is 10.3. The molecule has 0 unspecified atom stereocenters. The first kappa shape index (κ1) is 13.6. The average molecular weight is 277 g/mol. The lowest BCUT2D eigenvalue weighted by atomic mass is 10.2. The lowest BCUT2D eigenvalue weighted by Gasteiger charge is -2.14. The summed E-state index contributed by atoms with van der Waals surface area (Å²) in [5.74, 6) is 0.529. The molecule has 0 atom stereocenters. The Bertz CT molecular complexity index is 360. The van der Waals surface area contributed by atoms with E-state index in [-0.39, 0.29) is 0 Å². The van der Waals surface area contributed by atoms with Gasteiger partial charge >= 0.3 is 0 Å². The summed E-state index contributed by atoms with van der Waals surface area (Å²) in [5, 5.41) is 7.72. The Morgan fingerprint density at radius 2 is 1.88 bits per heavy atom. The molecule has 1 aromatic rings. The van der Waals surface area contributed by atoms with Crippen LogP contribution in [-0.4, -0.2) is 11.7 Å². The largest absolute Gasteiger partial charge is 0.362 e. The van der Waals surface area contributed by atoms with Crippen LogP contribution >= 0.6 is 35.4 Å². The van der Waals surface area contributed by atoms with E-state index in [0.29, 0.717) is 26.8 Å². The first-order chi connectivity index (χ1) is 7.50. The number of hydrogen-bond acceptors (Lipinski definition) is 1. The molecule has 0 aliphatic carbocycles. The van der Waals surface area contributed by atoms with E-state index in [0.717, 1.165) is 6.54 Å². The van der Waals surface area contributed by atoms with Crippen LogP contribution in [0.25, 0.3) is 0 Å². The highest BCUT2D eigenvalue weighted by Crippen LogP contribution is 2.29. The number of anilines is 1. The third kappa shape index (κ3) is 4.16. The number of rotatable bonds is 3. The van der Waals surface area contributed by atoms with Gasteiger partial charge in [0.15, 0.2) is 5.11 Å². The van der Waals surface area contributed by atoms with Crippen molar-refractivity contribution in [1.29, 1.82) is 0 Å². The predicted octanol–water partition coefficient (Wildman–Crippen LogP) is 3.94. The van der Waals surface area contributed by atoms with Crippen molar-refractivity contribution in [2.45, 2.75) is 13.8 Å². The number of para-hydroxylation sites is 1. The lowest BCUT2D eigenvalue weighted by Crippen LogP contribution is -2.31. The smallest absolute Gasteiger partial charge is 0.170 e. The molecule has 5 heteroatoms. The maximum Gasteiger partial charge on any atom is 0.170 e. The van der Waals surface area contributed by atoms with Crippen molar-refractivity contribution in [2.75, 3.05) is 11.9 Å². The van der Waals surface area contributed by atoms with Crippen LogP contribution in [0.3, 0.4) is 0 Å². The van der Waals surface area contributed by atoms with E-state index in [2.05, 4.69) is 24.5 Å². The van der Waals surface area contributed by atoms with Crippen LogP contribution in [0.5, 0.6) is 0 Å². The number of benzene rings is 1. The highest BCUT2D eigenvalue weighted by Gasteiger charge is 2.06. The van der Waals surface area contributed by atoms with Gasteiger partial charge in [-0.15, -0.1) is 0 Å². The Hall–Kier alpha value is -0.510. The molecule has 0 bridgehead atoms. The van der Waals surface area contributed by atoms with E-state index in [1.54, 1.807) is 18.2 Å². The first-order valence-corrected chi connectivity index (χ1v) is 6.16. The van der Waals surface area contributed by atoms with Crippen molar-refractivity contribution in [2.24, 2.45) is 5.92 Å². The molecule has 0 saturated carbocycles. The zero-order valence-corrected chi connectivity index (χ0v) is 11.5. The van der Waals surface area contributed by atoms with Gasteiger partial charge in [-0.25, -0.2) is 0 Å². The molecule has 0 amide bonds. The molecule has 0 spiro atoms. The molecule has 0 saturated heterocycles. The Morgan fingerprint density at radius 3 is 2.38 bits per heavy atom. The van der Waals surface area contributed by atoms with Gasteiger partial charge < -0.3 is 10.6 Å². The van der Waals surface area contributed by atoms with Gasteiger partial charge in [0.05, 0.1) is 15.7 Å². The summed E-state index contributed by atoms with van der Waals surface area (Å²) in [5.41, 5.74) is 0.645. The summed E-state index contributed by atoms with van der Waals surface area (Å²) < 4.78 is 0. The molecule has 88 valence electrons. The van der Waals surface area contributed by atoms with Crippen LogP contribution in [0.15, 0.2) is 18.2 Å². The molecule has 1 aromatic carbocycles. The van der Waals surface area contributed by atoms with Crippen LogP contribution in [0.2, 0.25) is 10.0 Å². The van der Waals surface area contributed by atoms with Crippen molar-refractivity contribution in [3.05, 3.63) is 28.2 Å². The van der Waals surface area contributed by atoms with Crippen molar-refractivity contribution >= 4 is 46.2 Å². The third-order valence-electron chi connectivity index (χ3n) is 1.87. The van der Waals surface area contributed by atoms with E-state index in [4.69, 9.17) is 35.4 Å². The number of thiocarbonyl (C=S) groups is 1. The van der Waals surface area contributed by atoms with Crippen LogP contribution in [0.1, 0.15) is 13.8 Å². The summed E-state index contributed by atoms with van der Waals surface area (Å²) in [6.45, 7) is 5.03. The van der Waals surface area contributed by atoms with Crippen LogP contribution in [0.4, 0.5) is 5.69 Å². The molecule has 16 heavy (non-hydrogen) atoms. The summed E-state index contributed by atoms with van der Waals surface area (Å²) in [6, 6.07) is 5.32. The predicted molar refractivity (Wildman–Crippen MR) is 75.5 cm³/mol. The van der Waals surface area contributed by atoms with Crippen LogP contribution < -0.4 is 10.6 Å². The van der Waals surface area contributed by atoms with Gasteiger partial charge in [0.1, 0.15) is 0 Å². The monoisotopic (exact) mass is 276 g/mol. The number of nitrogens with one attached hydrogen (secondary N) is 2. The maximum absolute atomic E-state index is 6.00. The van der Waals surface area contributed by atoms with Crippen molar-refractivity contribution < 1.29 is 0 Å². The van der Waals surface area contributed by atoms with E-state index < -0.39 is 0 Å². The van der Waals surface area contributed by atoms with Crippen molar-refractivity contribution in [3.63, 3.8) is 0 Å². The fourth-order valence-corrected chi connectivity index (χ4v) is 1.75. The molecule has 0 radical (unpaired) electrons. The number of hydrogen-bond donors (Lipinski definition) is 2. The third-order valence-corrected chi connectivity index (χ3v) is 2.75. The highest BCUT2D eigenvalue weighted by atomic mass is 35.5. The van der Waals surface area contributed by atoms with Gasteiger partial charge in [-0.3, -0.25) is 0 Å². The summed E-state index contributed by atoms with van der Waals surface area (Å²) in [4.78, 5) is 0. The highest BCUT2D eigenvalue weighted by molar-refractivity contribution is 7.80. The minimum Gasteiger partial charge on any atom is -0.362 e. The molecule has 0 aromatic heterocycles. The molecule has 0 fully saturated rings. The van der Waals surface area contributed by atoms with Gasteiger partial charge in [-0.2, -0.15) is 0 Å². The first-order valence-electron chi connectivity index (χ1n) is 4.99. The van der Waals surface area contributed by atoms with Crippen LogP contribution in [-0.2, 0) is 0 Å². The second-order valence-corrected chi connectivity index (χ2v) is 5.05. The molecule has 0 heterocycles. The summed E-state index contributed by atoms with van der Waals surface area (Å²) in [7, 11) is 0. The van der Waals surface area contributed by atoms with Gasteiger partial charge in [0, 0.05) is 6.54 Å². The SMILES string of the molecule is CC(C)CNC(=S)Nc1c(Cl)cccc1Cl. The second-order valence-electron chi connectivity index (χ2n) is 3.83. The molecule has 0 aliphatic rings. The van der Waals surface area contributed by atoms with Gasteiger partial charge in [0.2, 0.25) is 0 Å². The van der Waals surface area contributed by atoms with Crippen molar-refractivity contribution in [3.8, 4) is 0 Å².